The van der Waals surface area contributed by atoms with E-state index < -0.39 is 29.3 Å². The van der Waals surface area contributed by atoms with Crippen molar-refractivity contribution in [1.29, 1.82) is 0 Å². The van der Waals surface area contributed by atoms with Crippen LogP contribution in [0, 0.1) is 23.0 Å². The van der Waals surface area contributed by atoms with E-state index in [0.29, 0.717) is 5.56 Å². The molecule has 162 valence electrons. The number of nitrogens with zero attached hydrogens (tertiary/aromatic N) is 2. The topological polar surface area (TPSA) is 119 Å². The number of hydrogen-bond donors (Lipinski definition) is 1. The summed E-state index contributed by atoms with van der Waals surface area (Å²) in [5.74, 6) is -2.03. The molecule has 1 heterocycles. The summed E-state index contributed by atoms with van der Waals surface area (Å²) in [6.45, 7) is 3.17. The van der Waals surface area contributed by atoms with Crippen molar-refractivity contribution < 1.29 is 24.0 Å². The minimum atomic E-state index is -0.646. The monoisotopic (exact) mass is 425 g/mol. The molecular formula is C22H23N3O6. The van der Waals surface area contributed by atoms with Crippen LogP contribution in [0.15, 0.2) is 48.5 Å². The molecule has 0 radical (unpaired) electrons. The second kappa shape index (κ2) is 9.38. The minimum absolute atomic E-state index is 0.0295. The number of benzene rings is 2. The predicted octanol–water partition coefficient (Wildman–Crippen LogP) is 2.99. The first-order chi connectivity index (χ1) is 14.8. The maximum Gasteiger partial charge on any atom is 0.311 e. The van der Waals surface area contributed by atoms with Gasteiger partial charge in [-0.25, -0.2) is 0 Å². The fourth-order valence-corrected chi connectivity index (χ4v) is 3.51. The molecule has 0 bridgehead atoms. The summed E-state index contributed by atoms with van der Waals surface area (Å²) in [5, 5.41) is 13.5. The van der Waals surface area contributed by atoms with E-state index in [1.165, 1.54) is 18.2 Å². The molecule has 1 aliphatic heterocycles. The molecule has 0 spiro atoms. The molecule has 31 heavy (non-hydrogen) atoms. The van der Waals surface area contributed by atoms with Crippen LogP contribution in [-0.2, 0) is 19.1 Å². The molecule has 2 aromatic rings. The van der Waals surface area contributed by atoms with Gasteiger partial charge in [-0.1, -0.05) is 36.4 Å². The number of anilines is 1. The summed E-state index contributed by atoms with van der Waals surface area (Å²) in [7, 11) is 0. The van der Waals surface area contributed by atoms with Gasteiger partial charge in [-0.05, 0) is 25.5 Å². The molecular weight excluding hydrogens is 402 g/mol. The van der Waals surface area contributed by atoms with Gasteiger partial charge >= 0.3 is 5.97 Å². The fraction of sp³-hybridized carbons (Fsp3) is 0.318. The zero-order valence-corrected chi connectivity index (χ0v) is 17.2. The molecule has 2 atom stereocenters. The van der Waals surface area contributed by atoms with Gasteiger partial charge in [0.15, 0.2) is 6.61 Å². The van der Waals surface area contributed by atoms with Crippen LogP contribution in [0.1, 0.15) is 30.5 Å². The van der Waals surface area contributed by atoms with Gasteiger partial charge in [0.25, 0.3) is 11.6 Å². The number of rotatable bonds is 7. The second-order valence-electron chi connectivity index (χ2n) is 7.45. The fourth-order valence-electron chi connectivity index (χ4n) is 3.51. The number of carbonyl (C=O) groups is 3. The average Bonchev–Trinajstić information content (AvgIpc) is 3.15. The Morgan fingerprint density at radius 2 is 1.97 bits per heavy atom. The first-order valence-electron chi connectivity index (χ1n) is 9.82. The average molecular weight is 425 g/mol. The van der Waals surface area contributed by atoms with Crippen molar-refractivity contribution in [1.82, 2.24) is 4.90 Å². The molecule has 1 saturated heterocycles. The van der Waals surface area contributed by atoms with Crippen LogP contribution < -0.4 is 5.32 Å². The molecule has 2 amide bonds. The Labute approximate surface area is 179 Å². The van der Waals surface area contributed by atoms with Crippen LogP contribution >= 0.6 is 0 Å². The Morgan fingerprint density at radius 1 is 1.26 bits per heavy atom. The first-order valence-corrected chi connectivity index (χ1v) is 9.82. The lowest BCUT2D eigenvalue weighted by Crippen LogP contribution is -2.30. The van der Waals surface area contributed by atoms with Gasteiger partial charge in [0.1, 0.15) is 0 Å². The molecule has 0 aliphatic carbocycles. The quantitative estimate of drug-likeness (QED) is 0.414. The summed E-state index contributed by atoms with van der Waals surface area (Å²) in [6, 6.07) is 13.6. The summed E-state index contributed by atoms with van der Waals surface area (Å²) >= 11 is 0. The lowest BCUT2D eigenvalue weighted by molar-refractivity contribution is -0.385. The number of nitrogens with one attached hydrogen (secondary N) is 1. The largest absolute Gasteiger partial charge is 0.455 e. The van der Waals surface area contributed by atoms with Gasteiger partial charge in [-0.3, -0.25) is 24.5 Å². The number of aryl methyl sites for hydroxylation is 1. The number of amides is 2. The van der Waals surface area contributed by atoms with E-state index in [1.54, 1.807) is 11.8 Å². The normalized spacial score (nSPS) is 16.6. The van der Waals surface area contributed by atoms with Gasteiger partial charge in [0.05, 0.1) is 16.9 Å². The van der Waals surface area contributed by atoms with E-state index in [4.69, 9.17) is 4.74 Å². The highest BCUT2D eigenvalue weighted by Crippen LogP contribution is 2.29. The van der Waals surface area contributed by atoms with E-state index >= 15 is 0 Å². The maximum absolute atomic E-state index is 12.4. The van der Waals surface area contributed by atoms with E-state index in [9.17, 15) is 24.5 Å². The van der Waals surface area contributed by atoms with Crippen molar-refractivity contribution >= 4 is 29.2 Å². The predicted molar refractivity (Wildman–Crippen MR) is 112 cm³/mol. The third-order valence-electron chi connectivity index (χ3n) is 5.28. The molecule has 1 aliphatic rings. The third-order valence-corrected chi connectivity index (χ3v) is 5.28. The van der Waals surface area contributed by atoms with Crippen molar-refractivity contribution in [3.8, 4) is 0 Å². The Morgan fingerprint density at radius 3 is 2.65 bits per heavy atom. The van der Waals surface area contributed by atoms with E-state index in [2.05, 4.69) is 5.32 Å². The number of hydrogen-bond acceptors (Lipinski definition) is 6. The van der Waals surface area contributed by atoms with E-state index in [-0.39, 0.29) is 36.3 Å². The number of ether oxygens (including phenoxy) is 1. The van der Waals surface area contributed by atoms with Gasteiger partial charge in [0.2, 0.25) is 5.91 Å². The highest BCUT2D eigenvalue weighted by Gasteiger charge is 2.38. The van der Waals surface area contributed by atoms with Crippen LogP contribution in [0.2, 0.25) is 0 Å². The summed E-state index contributed by atoms with van der Waals surface area (Å²) in [4.78, 5) is 48.9. The minimum Gasteiger partial charge on any atom is -0.455 e. The smallest absolute Gasteiger partial charge is 0.311 e. The van der Waals surface area contributed by atoms with Crippen LogP contribution in [0.5, 0.6) is 0 Å². The van der Waals surface area contributed by atoms with Crippen LogP contribution in [0.4, 0.5) is 11.4 Å². The van der Waals surface area contributed by atoms with Gasteiger partial charge in [-0.2, -0.15) is 0 Å². The van der Waals surface area contributed by atoms with Gasteiger partial charge < -0.3 is 15.0 Å². The van der Waals surface area contributed by atoms with E-state index in [1.807, 2.05) is 37.3 Å². The van der Waals surface area contributed by atoms with Crippen molar-refractivity contribution in [2.75, 3.05) is 18.5 Å². The second-order valence-corrected chi connectivity index (χ2v) is 7.45. The molecule has 1 fully saturated rings. The van der Waals surface area contributed by atoms with E-state index in [0.717, 1.165) is 5.56 Å². The number of carbonyl (C=O) groups excluding carboxylic acids is 3. The van der Waals surface area contributed by atoms with Crippen molar-refractivity contribution in [3.05, 3.63) is 69.8 Å². The van der Waals surface area contributed by atoms with Crippen molar-refractivity contribution in [3.63, 3.8) is 0 Å². The molecule has 0 aromatic heterocycles. The Kier molecular flexibility index (Phi) is 6.64. The molecule has 9 heteroatoms. The lowest BCUT2D eigenvalue weighted by Gasteiger charge is -2.25. The third kappa shape index (κ3) is 5.25. The Balaban J connectivity index is 1.53. The summed E-state index contributed by atoms with van der Waals surface area (Å²) < 4.78 is 5.08. The number of likely N-dealkylation sites (tertiary alicyclic amines) is 1. The molecule has 1 N–H and O–H groups in total. The standard InChI is InChI=1S/C22H23N3O6/c1-14-8-9-18(11-19(14)25(29)30)23-20(26)13-31-22(28)17-10-21(27)24(12-17)15(2)16-6-4-3-5-7-16/h3-9,11,15,17H,10,12-13H2,1-2H3,(H,23,26)/t15-,17+/m0/s1. The lowest BCUT2D eigenvalue weighted by atomic mass is 10.1. The number of nitro benzene ring substituents is 1. The van der Waals surface area contributed by atoms with Gasteiger partial charge in [-0.15, -0.1) is 0 Å². The van der Waals surface area contributed by atoms with Crippen LogP contribution in [-0.4, -0.2) is 40.8 Å². The van der Waals surface area contributed by atoms with Gasteiger partial charge in [0, 0.05) is 30.3 Å². The number of esters is 1. The SMILES string of the molecule is Cc1ccc(NC(=O)COC(=O)[C@@H]2CC(=O)N([C@@H](C)c3ccccc3)C2)cc1[N+](=O)[O-]. The summed E-state index contributed by atoms with van der Waals surface area (Å²) in [6.07, 6.45) is 0.0295. The van der Waals surface area contributed by atoms with Crippen molar-refractivity contribution in [2.24, 2.45) is 5.92 Å². The molecule has 3 rings (SSSR count). The molecule has 0 unspecified atom stereocenters. The summed E-state index contributed by atoms with van der Waals surface area (Å²) in [5.41, 5.74) is 1.55. The maximum atomic E-state index is 12.4. The molecule has 2 aromatic carbocycles. The Bertz CT molecular complexity index is 1010. The van der Waals surface area contributed by atoms with Crippen molar-refractivity contribution in [2.45, 2.75) is 26.3 Å². The Hall–Kier alpha value is -3.75. The molecule has 9 nitrogen and oxygen atoms in total. The molecule has 0 saturated carbocycles. The highest BCUT2D eigenvalue weighted by atomic mass is 16.6. The van der Waals surface area contributed by atoms with Crippen LogP contribution in [0.3, 0.4) is 0 Å². The first kappa shape index (κ1) is 21.9. The zero-order chi connectivity index (χ0) is 22.5. The van der Waals surface area contributed by atoms with Crippen LogP contribution in [0.25, 0.3) is 0 Å². The zero-order valence-electron chi connectivity index (χ0n) is 17.2. The number of nitro groups is 1. The highest BCUT2D eigenvalue weighted by molar-refractivity contribution is 5.94.